The van der Waals surface area contributed by atoms with Crippen molar-refractivity contribution in [1.29, 1.82) is 0 Å². The van der Waals surface area contributed by atoms with Crippen molar-refractivity contribution in [2.75, 3.05) is 0 Å². The van der Waals surface area contributed by atoms with Gasteiger partial charge in [-0.3, -0.25) is 0 Å². The molecule has 1 atom stereocenters. The highest BCUT2D eigenvalue weighted by atomic mass is 16.3. The van der Waals surface area contributed by atoms with Gasteiger partial charge in [0, 0.05) is 10.8 Å². The summed E-state index contributed by atoms with van der Waals surface area (Å²) in [4.78, 5) is 0. The number of aliphatic hydroxyl groups excluding tert-OH is 1. The molecule has 3 rings (SSSR count). The average Bonchev–Trinajstić information content (AvgIpc) is 2.84. The first-order valence-electron chi connectivity index (χ1n) is 7.12. The number of fused-ring (bicyclic) bond motifs is 3. The first kappa shape index (κ1) is 13.2. The first-order chi connectivity index (χ1) is 9.53. The molecule has 1 heterocycles. The maximum Gasteiger partial charge on any atom is 0.135 e. The highest BCUT2D eigenvalue weighted by Crippen LogP contribution is 2.38. The average molecular weight is 268 g/mol. The Kier molecular flexibility index (Phi) is 3.06. The van der Waals surface area contributed by atoms with Crippen molar-refractivity contribution < 1.29 is 9.52 Å². The number of aliphatic hydroxyl groups is 1. The minimum Gasteiger partial charge on any atom is -0.456 e. The van der Waals surface area contributed by atoms with Crippen LogP contribution < -0.4 is 0 Å². The van der Waals surface area contributed by atoms with Gasteiger partial charge in [0.15, 0.2) is 0 Å². The van der Waals surface area contributed by atoms with Gasteiger partial charge in [-0.25, -0.2) is 0 Å². The molecule has 2 heteroatoms. The van der Waals surface area contributed by atoms with Crippen molar-refractivity contribution in [1.82, 2.24) is 0 Å². The maximum atomic E-state index is 10.6. The normalized spacial score (nSPS) is 14.0. The van der Waals surface area contributed by atoms with E-state index >= 15 is 0 Å². The molecular formula is C18H20O2. The SMILES string of the molecule is CCC(C)(C)C(O)c1ccc2oc3ccccc3c2c1. The van der Waals surface area contributed by atoms with E-state index in [-0.39, 0.29) is 5.41 Å². The quantitative estimate of drug-likeness (QED) is 0.720. The fourth-order valence-electron chi connectivity index (χ4n) is 2.56. The van der Waals surface area contributed by atoms with Crippen molar-refractivity contribution >= 4 is 21.9 Å². The summed E-state index contributed by atoms with van der Waals surface area (Å²) in [6, 6.07) is 14.0. The van der Waals surface area contributed by atoms with Crippen molar-refractivity contribution in [2.24, 2.45) is 5.41 Å². The predicted octanol–water partition coefficient (Wildman–Crippen LogP) is 5.06. The highest BCUT2D eigenvalue weighted by molar-refractivity contribution is 6.05. The van der Waals surface area contributed by atoms with Crippen molar-refractivity contribution in [3.8, 4) is 0 Å². The summed E-state index contributed by atoms with van der Waals surface area (Å²) in [5.41, 5.74) is 2.59. The Labute approximate surface area is 119 Å². The van der Waals surface area contributed by atoms with E-state index in [9.17, 15) is 5.11 Å². The van der Waals surface area contributed by atoms with Gasteiger partial charge in [0.2, 0.25) is 0 Å². The molecule has 0 radical (unpaired) electrons. The third-order valence-electron chi connectivity index (χ3n) is 4.37. The molecule has 0 saturated heterocycles. The molecule has 0 aliphatic heterocycles. The zero-order valence-corrected chi connectivity index (χ0v) is 12.2. The lowest BCUT2D eigenvalue weighted by atomic mass is 9.80. The summed E-state index contributed by atoms with van der Waals surface area (Å²) >= 11 is 0. The minimum absolute atomic E-state index is 0.132. The van der Waals surface area contributed by atoms with Crippen LogP contribution in [0.4, 0.5) is 0 Å². The van der Waals surface area contributed by atoms with Gasteiger partial charge in [0.05, 0.1) is 6.10 Å². The molecule has 20 heavy (non-hydrogen) atoms. The Morgan fingerprint density at radius 2 is 1.75 bits per heavy atom. The van der Waals surface area contributed by atoms with Gasteiger partial charge < -0.3 is 9.52 Å². The van der Waals surface area contributed by atoms with Gasteiger partial charge in [-0.1, -0.05) is 45.0 Å². The van der Waals surface area contributed by atoms with Crippen molar-refractivity contribution in [3.63, 3.8) is 0 Å². The fraction of sp³-hybridized carbons (Fsp3) is 0.333. The third-order valence-corrected chi connectivity index (χ3v) is 4.37. The molecule has 0 aliphatic rings. The van der Waals surface area contributed by atoms with Crippen LogP contribution in [0.25, 0.3) is 21.9 Å². The number of rotatable bonds is 3. The lowest BCUT2D eigenvalue weighted by Crippen LogP contribution is -2.20. The van der Waals surface area contributed by atoms with Gasteiger partial charge in [0.1, 0.15) is 11.2 Å². The van der Waals surface area contributed by atoms with Crippen LogP contribution in [-0.4, -0.2) is 5.11 Å². The highest BCUT2D eigenvalue weighted by Gasteiger charge is 2.27. The van der Waals surface area contributed by atoms with Gasteiger partial charge in [-0.15, -0.1) is 0 Å². The van der Waals surface area contributed by atoms with E-state index < -0.39 is 6.10 Å². The molecule has 0 saturated carbocycles. The summed E-state index contributed by atoms with van der Waals surface area (Å²) in [5.74, 6) is 0. The summed E-state index contributed by atoms with van der Waals surface area (Å²) in [6.45, 7) is 6.29. The van der Waals surface area contributed by atoms with Crippen LogP contribution in [-0.2, 0) is 0 Å². The molecule has 1 N–H and O–H groups in total. The molecule has 0 aliphatic carbocycles. The third kappa shape index (κ3) is 2.01. The largest absolute Gasteiger partial charge is 0.456 e. The summed E-state index contributed by atoms with van der Waals surface area (Å²) in [6.07, 6.45) is 0.462. The van der Waals surface area contributed by atoms with Gasteiger partial charge >= 0.3 is 0 Å². The molecule has 0 fully saturated rings. The molecule has 104 valence electrons. The summed E-state index contributed by atoms with van der Waals surface area (Å²) in [5, 5.41) is 12.8. The smallest absolute Gasteiger partial charge is 0.135 e. The van der Waals surface area contributed by atoms with E-state index in [0.29, 0.717) is 0 Å². The second-order valence-electron chi connectivity index (χ2n) is 6.10. The van der Waals surface area contributed by atoms with Gasteiger partial charge in [0.25, 0.3) is 0 Å². The van der Waals surface area contributed by atoms with Crippen LogP contribution >= 0.6 is 0 Å². The topological polar surface area (TPSA) is 33.4 Å². The van der Waals surface area contributed by atoms with E-state index in [1.165, 1.54) is 0 Å². The van der Waals surface area contributed by atoms with Crippen LogP contribution in [0.1, 0.15) is 38.9 Å². The Morgan fingerprint density at radius 1 is 1.05 bits per heavy atom. The Bertz CT molecular complexity index is 752. The van der Waals surface area contributed by atoms with Crippen LogP contribution in [0.15, 0.2) is 46.9 Å². The first-order valence-corrected chi connectivity index (χ1v) is 7.12. The van der Waals surface area contributed by atoms with E-state index in [2.05, 4.69) is 32.9 Å². The van der Waals surface area contributed by atoms with Crippen LogP contribution in [0, 0.1) is 5.41 Å². The zero-order chi connectivity index (χ0) is 14.3. The number of benzene rings is 2. The fourth-order valence-corrected chi connectivity index (χ4v) is 2.56. The molecule has 2 nitrogen and oxygen atoms in total. The second-order valence-corrected chi connectivity index (χ2v) is 6.10. The number of furan rings is 1. The summed E-state index contributed by atoms with van der Waals surface area (Å²) < 4.78 is 5.82. The lowest BCUT2D eigenvalue weighted by Gasteiger charge is -2.29. The standard InChI is InChI=1S/C18H20O2/c1-4-18(2,3)17(19)12-9-10-16-14(11-12)13-7-5-6-8-15(13)20-16/h5-11,17,19H,4H2,1-3H3. The van der Waals surface area contributed by atoms with Gasteiger partial charge in [-0.05, 0) is 35.6 Å². The molecule has 0 bridgehead atoms. The maximum absolute atomic E-state index is 10.6. The number of hydrogen-bond acceptors (Lipinski definition) is 2. The van der Waals surface area contributed by atoms with E-state index in [4.69, 9.17) is 4.42 Å². The zero-order valence-electron chi connectivity index (χ0n) is 12.2. The van der Waals surface area contributed by atoms with Crippen molar-refractivity contribution in [3.05, 3.63) is 48.0 Å². The molecule has 3 aromatic rings. The Morgan fingerprint density at radius 3 is 2.50 bits per heavy atom. The predicted molar refractivity (Wildman–Crippen MR) is 82.8 cm³/mol. The van der Waals surface area contributed by atoms with Gasteiger partial charge in [-0.2, -0.15) is 0 Å². The molecule has 0 amide bonds. The van der Waals surface area contributed by atoms with Crippen LogP contribution in [0.2, 0.25) is 0 Å². The molecular weight excluding hydrogens is 248 g/mol. The van der Waals surface area contributed by atoms with Crippen LogP contribution in [0.5, 0.6) is 0 Å². The minimum atomic E-state index is -0.467. The van der Waals surface area contributed by atoms with E-state index in [1.54, 1.807) is 0 Å². The second kappa shape index (κ2) is 4.64. The molecule has 0 spiro atoms. The van der Waals surface area contributed by atoms with E-state index in [0.717, 1.165) is 33.9 Å². The molecule has 2 aromatic carbocycles. The number of hydrogen-bond donors (Lipinski definition) is 1. The molecule has 1 aromatic heterocycles. The summed E-state index contributed by atoms with van der Waals surface area (Å²) in [7, 11) is 0. The molecule has 1 unspecified atom stereocenters. The lowest BCUT2D eigenvalue weighted by molar-refractivity contribution is 0.0467. The van der Waals surface area contributed by atoms with Crippen molar-refractivity contribution in [2.45, 2.75) is 33.3 Å². The number of para-hydroxylation sites is 1. The Hall–Kier alpha value is -1.80. The van der Waals surface area contributed by atoms with Crippen LogP contribution in [0.3, 0.4) is 0 Å². The monoisotopic (exact) mass is 268 g/mol. The Balaban J connectivity index is 2.17. The van der Waals surface area contributed by atoms with E-state index in [1.807, 2.05) is 30.3 Å².